The molecule has 0 heterocycles. The molecule has 1 fully saturated rings. The van der Waals surface area contributed by atoms with Crippen LogP contribution in [-0.2, 0) is 9.78 Å². The second kappa shape index (κ2) is 8.63. The van der Waals surface area contributed by atoms with Gasteiger partial charge in [-0.25, -0.2) is 4.79 Å². The average molecular weight is 347 g/mol. The van der Waals surface area contributed by atoms with Crippen LogP contribution in [0, 0.1) is 5.92 Å². The van der Waals surface area contributed by atoms with E-state index in [-0.39, 0.29) is 6.10 Å². The standard InChI is InChI=1S/C20H30O3Si/c1-5-24(6-2,7-3)18-14-12-17(13-15-18)20(21)23-22-19-11-9-8-10-16(19)4/h5,12-16,19H,1,6-11H2,2-4H3. The Morgan fingerprint density at radius 3 is 2.38 bits per heavy atom. The van der Waals surface area contributed by atoms with E-state index in [2.05, 4.69) is 45.2 Å². The van der Waals surface area contributed by atoms with Crippen LogP contribution < -0.4 is 5.19 Å². The Hall–Kier alpha value is -1.39. The third-order valence-electron chi connectivity index (χ3n) is 5.63. The molecule has 0 N–H and O–H groups in total. The number of benzene rings is 1. The minimum Gasteiger partial charge on any atom is -0.293 e. The number of carbonyl (C=O) groups excluding carboxylic acids is 1. The van der Waals surface area contributed by atoms with Crippen molar-refractivity contribution in [2.24, 2.45) is 5.92 Å². The quantitative estimate of drug-likeness (QED) is 0.405. The van der Waals surface area contributed by atoms with E-state index in [0.717, 1.165) is 31.4 Å². The summed E-state index contributed by atoms with van der Waals surface area (Å²) in [5.74, 6) is 0.0421. The fourth-order valence-corrected chi connectivity index (χ4v) is 6.54. The van der Waals surface area contributed by atoms with Crippen molar-refractivity contribution in [3.05, 3.63) is 42.1 Å². The highest BCUT2D eigenvalue weighted by Crippen LogP contribution is 2.26. The molecule has 0 spiro atoms. The largest absolute Gasteiger partial charge is 0.373 e. The number of hydrogen-bond acceptors (Lipinski definition) is 3. The molecule has 2 unspecified atom stereocenters. The molecule has 1 saturated carbocycles. The van der Waals surface area contributed by atoms with Crippen molar-refractivity contribution in [2.45, 2.75) is 64.6 Å². The Morgan fingerprint density at radius 2 is 1.83 bits per heavy atom. The average Bonchev–Trinajstić information content (AvgIpc) is 2.63. The Labute approximate surface area is 147 Å². The number of carbonyl (C=O) groups is 1. The van der Waals surface area contributed by atoms with Gasteiger partial charge in [0.2, 0.25) is 0 Å². The molecule has 0 amide bonds. The van der Waals surface area contributed by atoms with Crippen molar-refractivity contribution >= 4 is 19.2 Å². The predicted molar refractivity (Wildman–Crippen MR) is 101 cm³/mol. The normalized spacial score (nSPS) is 21.3. The molecule has 0 radical (unpaired) electrons. The van der Waals surface area contributed by atoms with Crippen LogP contribution in [0.15, 0.2) is 36.5 Å². The molecular weight excluding hydrogens is 316 g/mol. The van der Waals surface area contributed by atoms with Gasteiger partial charge in [0.15, 0.2) is 0 Å². The van der Waals surface area contributed by atoms with E-state index in [1.54, 1.807) is 0 Å². The molecule has 0 aliphatic heterocycles. The third-order valence-corrected chi connectivity index (χ3v) is 10.4. The zero-order valence-electron chi connectivity index (χ0n) is 15.2. The van der Waals surface area contributed by atoms with Crippen LogP contribution in [0.5, 0.6) is 0 Å². The van der Waals surface area contributed by atoms with Crippen molar-refractivity contribution < 1.29 is 14.6 Å². The van der Waals surface area contributed by atoms with Crippen molar-refractivity contribution in [3.63, 3.8) is 0 Å². The smallest absolute Gasteiger partial charge is 0.293 e. The summed E-state index contributed by atoms with van der Waals surface area (Å²) in [6.07, 6.45) is 4.51. The Bertz CT molecular complexity index is 549. The van der Waals surface area contributed by atoms with Crippen LogP contribution in [-0.4, -0.2) is 20.1 Å². The van der Waals surface area contributed by atoms with Crippen LogP contribution >= 0.6 is 0 Å². The summed E-state index contributed by atoms with van der Waals surface area (Å²) in [7, 11) is -1.63. The van der Waals surface area contributed by atoms with Crippen molar-refractivity contribution in [1.82, 2.24) is 0 Å². The maximum absolute atomic E-state index is 12.2. The number of rotatable bonds is 7. The molecule has 1 aromatic carbocycles. The SMILES string of the molecule is C=C[Si](CC)(CC)c1ccc(C(=O)OOC2CCCCC2C)cc1. The summed E-state index contributed by atoms with van der Waals surface area (Å²) < 4.78 is 0. The first-order chi connectivity index (χ1) is 11.6. The molecule has 0 aromatic heterocycles. The topological polar surface area (TPSA) is 35.5 Å². The summed E-state index contributed by atoms with van der Waals surface area (Å²) in [6.45, 7) is 10.6. The van der Waals surface area contributed by atoms with E-state index >= 15 is 0 Å². The van der Waals surface area contributed by atoms with Crippen molar-refractivity contribution in [3.8, 4) is 0 Å². The lowest BCUT2D eigenvalue weighted by Crippen LogP contribution is -2.44. The lowest BCUT2D eigenvalue weighted by atomic mass is 9.88. The van der Waals surface area contributed by atoms with Gasteiger partial charge in [0, 0.05) is 0 Å². The second-order valence-electron chi connectivity index (χ2n) is 6.91. The van der Waals surface area contributed by atoms with Crippen LogP contribution in [0.25, 0.3) is 0 Å². The van der Waals surface area contributed by atoms with E-state index in [1.165, 1.54) is 11.6 Å². The monoisotopic (exact) mass is 346 g/mol. The van der Waals surface area contributed by atoms with Gasteiger partial charge >= 0.3 is 5.97 Å². The van der Waals surface area contributed by atoms with Crippen LogP contribution in [0.1, 0.15) is 56.8 Å². The van der Waals surface area contributed by atoms with Crippen molar-refractivity contribution in [2.75, 3.05) is 0 Å². The lowest BCUT2D eigenvalue weighted by Gasteiger charge is -2.27. The minimum absolute atomic E-state index is 0.0305. The molecule has 4 heteroatoms. The maximum Gasteiger partial charge on any atom is 0.373 e. The minimum atomic E-state index is -1.63. The summed E-state index contributed by atoms with van der Waals surface area (Å²) in [4.78, 5) is 22.7. The van der Waals surface area contributed by atoms with E-state index < -0.39 is 14.0 Å². The molecule has 3 nitrogen and oxygen atoms in total. The lowest BCUT2D eigenvalue weighted by molar-refractivity contribution is -0.289. The molecule has 1 aliphatic rings. The summed E-state index contributed by atoms with van der Waals surface area (Å²) >= 11 is 0. The highest BCUT2D eigenvalue weighted by Gasteiger charge is 2.28. The van der Waals surface area contributed by atoms with Crippen LogP contribution in [0.2, 0.25) is 12.1 Å². The van der Waals surface area contributed by atoms with E-state index in [0.29, 0.717) is 11.5 Å². The predicted octanol–water partition coefficient (Wildman–Crippen LogP) is 4.77. The maximum atomic E-state index is 12.2. The molecule has 1 aromatic rings. The summed E-state index contributed by atoms with van der Waals surface area (Å²) in [6, 6.07) is 10.1. The Morgan fingerprint density at radius 1 is 1.21 bits per heavy atom. The molecule has 0 saturated heterocycles. The highest BCUT2D eigenvalue weighted by molar-refractivity contribution is 6.95. The fraction of sp³-hybridized carbons (Fsp3) is 0.550. The molecule has 0 bridgehead atoms. The third kappa shape index (κ3) is 4.17. The van der Waals surface area contributed by atoms with E-state index in [4.69, 9.17) is 9.78 Å². The Kier molecular flexibility index (Phi) is 6.81. The fourth-order valence-electron chi connectivity index (χ4n) is 3.58. The first kappa shape index (κ1) is 18.9. The first-order valence-electron chi connectivity index (χ1n) is 9.18. The molecule has 24 heavy (non-hydrogen) atoms. The van der Waals surface area contributed by atoms with Gasteiger partial charge in [0.1, 0.15) is 14.2 Å². The molecule has 2 atom stereocenters. The summed E-state index contributed by atoms with van der Waals surface area (Å²) in [5, 5.41) is 1.32. The molecule has 132 valence electrons. The molecule has 2 rings (SSSR count). The van der Waals surface area contributed by atoms with Gasteiger partial charge in [-0.3, -0.25) is 4.89 Å². The molecular formula is C20H30O3Si. The zero-order chi connectivity index (χ0) is 17.6. The molecule has 1 aliphatic carbocycles. The van der Waals surface area contributed by atoms with Gasteiger partial charge in [-0.2, -0.15) is 4.89 Å². The van der Waals surface area contributed by atoms with E-state index in [1.807, 2.05) is 12.1 Å². The Balaban J connectivity index is 1.99. The van der Waals surface area contributed by atoms with Crippen LogP contribution in [0.4, 0.5) is 0 Å². The van der Waals surface area contributed by atoms with Crippen LogP contribution in [0.3, 0.4) is 0 Å². The van der Waals surface area contributed by atoms with Gasteiger partial charge in [0.05, 0.1) is 5.56 Å². The van der Waals surface area contributed by atoms with Gasteiger partial charge in [-0.1, -0.05) is 68.7 Å². The van der Waals surface area contributed by atoms with E-state index in [9.17, 15) is 4.79 Å². The van der Waals surface area contributed by atoms with Gasteiger partial charge in [-0.05, 0) is 30.9 Å². The van der Waals surface area contributed by atoms with Crippen molar-refractivity contribution in [1.29, 1.82) is 0 Å². The first-order valence-corrected chi connectivity index (χ1v) is 11.7. The number of hydrogen-bond donors (Lipinski definition) is 0. The van der Waals surface area contributed by atoms with Gasteiger partial charge in [-0.15, -0.1) is 6.58 Å². The summed E-state index contributed by atoms with van der Waals surface area (Å²) in [5.41, 5.74) is 2.69. The second-order valence-corrected chi connectivity index (χ2v) is 11.6. The highest BCUT2D eigenvalue weighted by atomic mass is 28.3. The van der Waals surface area contributed by atoms with Gasteiger partial charge < -0.3 is 0 Å². The van der Waals surface area contributed by atoms with Gasteiger partial charge in [0.25, 0.3) is 0 Å². The zero-order valence-corrected chi connectivity index (χ0v) is 16.2.